The summed E-state index contributed by atoms with van der Waals surface area (Å²) in [6, 6.07) is 9.25. The quantitative estimate of drug-likeness (QED) is 0.853. The summed E-state index contributed by atoms with van der Waals surface area (Å²) >= 11 is 6.32. The van der Waals surface area contributed by atoms with Gasteiger partial charge >= 0.3 is 0 Å². The molecular formula is C16H18ClN3O2. The predicted octanol–water partition coefficient (Wildman–Crippen LogP) is 2.50. The molecule has 1 aromatic carbocycles. The van der Waals surface area contributed by atoms with Gasteiger partial charge in [0.1, 0.15) is 5.02 Å². The Hall–Kier alpha value is -1.85. The smallest absolute Gasteiger partial charge is 0.292 e. The van der Waals surface area contributed by atoms with Gasteiger partial charge in [0.05, 0.1) is 29.8 Å². The molecule has 0 spiro atoms. The highest BCUT2D eigenvalue weighted by molar-refractivity contribution is 6.33. The largest absolute Gasteiger partial charge is 0.372 e. The number of halogens is 1. The van der Waals surface area contributed by atoms with Gasteiger partial charge in [0.2, 0.25) is 0 Å². The number of nitrogens with zero attached hydrogens (tertiary/aromatic N) is 3. The van der Waals surface area contributed by atoms with Gasteiger partial charge in [-0.2, -0.15) is 9.78 Å². The molecule has 1 aliphatic rings. The first-order chi connectivity index (χ1) is 10.6. The minimum Gasteiger partial charge on any atom is -0.372 e. The van der Waals surface area contributed by atoms with E-state index in [1.54, 1.807) is 6.20 Å². The molecular weight excluding hydrogens is 302 g/mol. The van der Waals surface area contributed by atoms with Gasteiger partial charge in [-0.1, -0.05) is 29.8 Å². The molecule has 6 heteroatoms. The van der Waals surface area contributed by atoms with E-state index < -0.39 is 0 Å². The molecule has 2 atom stereocenters. The Morgan fingerprint density at radius 1 is 1.18 bits per heavy atom. The predicted molar refractivity (Wildman–Crippen MR) is 87.1 cm³/mol. The van der Waals surface area contributed by atoms with Gasteiger partial charge < -0.3 is 9.64 Å². The molecule has 0 N–H and O–H groups in total. The average molecular weight is 320 g/mol. The number of hydrogen-bond donors (Lipinski definition) is 0. The molecule has 0 amide bonds. The molecule has 0 aliphatic carbocycles. The van der Waals surface area contributed by atoms with Crippen LogP contribution in [0, 0.1) is 0 Å². The van der Waals surface area contributed by atoms with Crippen LogP contribution in [-0.2, 0) is 4.74 Å². The topological polar surface area (TPSA) is 47.4 Å². The Labute approximate surface area is 134 Å². The van der Waals surface area contributed by atoms with E-state index >= 15 is 0 Å². The molecule has 0 bridgehead atoms. The van der Waals surface area contributed by atoms with E-state index in [1.165, 1.54) is 4.68 Å². The second-order valence-electron chi connectivity index (χ2n) is 5.56. The van der Waals surface area contributed by atoms with Crippen LogP contribution in [0.25, 0.3) is 5.69 Å². The van der Waals surface area contributed by atoms with E-state index in [0.29, 0.717) is 24.5 Å². The number of benzene rings is 1. The maximum atomic E-state index is 12.5. The highest BCUT2D eigenvalue weighted by Crippen LogP contribution is 2.25. The normalized spacial score (nSPS) is 21.9. The molecule has 5 nitrogen and oxygen atoms in total. The van der Waals surface area contributed by atoms with Crippen molar-refractivity contribution < 1.29 is 4.74 Å². The van der Waals surface area contributed by atoms with Gasteiger partial charge in [0.15, 0.2) is 0 Å². The molecule has 2 aromatic rings. The first-order valence-corrected chi connectivity index (χ1v) is 7.67. The fourth-order valence-corrected chi connectivity index (χ4v) is 3.02. The number of hydrogen-bond acceptors (Lipinski definition) is 4. The number of rotatable bonds is 2. The molecule has 1 aromatic heterocycles. The molecule has 2 heterocycles. The van der Waals surface area contributed by atoms with E-state index in [2.05, 4.69) is 10.00 Å². The molecule has 1 fully saturated rings. The van der Waals surface area contributed by atoms with Crippen LogP contribution < -0.4 is 10.5 Å². The van der Waals surface area contributed by atoms with Crippen molar-refractivity contribution in [3.8, 4) is 5.69 Å². The van der Waals surface area contributed by atoms with Crippen LogP contribution >= 0.6 is 11.6 Å². The Kier molecular flexibility index (Phi) is 4.18. The summed E-state index contributed by atoms with van der Waals surface area (Å²) in [7, 11) is 0. The second kappa shape index (κ2) is 6.10. The summed E-state index contributed by atoms with van der Waals surface area (Å²) in [6.45, 7) is 5.41. The first kappa shape index (κ1) is 15.1. The van der Waals surface area contributed by atoms with Crippen molar-refractivity contribution in [2.24, 2.45) is 0 Å². The van der Waals surface area contributed by atoms with Gasteiger partial charge in [-0.15, -0.1) is 0 Å². The van der Waals surface area contributed by atoms with Crippen LogP contribution in [0.4, 0.5) is 5.69 Å². The van der Waals surface area contributed by atoms with Crippen LogP contribution in [-0.4, -0.2) is 35.1 Å². The van der Waals surface area contributed by atoms with E-state index in [4.69, 9.17) is 16.3 Å². The molecule has 22 heavy (non-hydrogen) atoms. The number of anilines is 1. The average Bonchev–Trinajstić information content (AvgIpc) is 2.50. The molecule has 0 radical (unpaired) electrons. The zero-order valence-corrected chi connectivity index (χ0v) is 13.3. The van der Waals surface area contributed by atoms with Gasteiger partial charge in [-0.25, -0.2) is 0 Å². The highest BCUT2D eigenvalue weighted by Gasteiger charge is 2.25. The second-order valence-corrected chi connectivity index (χ2v) is 5.94. The zero-order chi connectivity index (χ0) is 15.7. The fourth-order valence-electron chi connectivity index (χ4n) is 2.77. The minimum atomic E-state index is -0.308. The lowest BCUT2D eigenvalue weighted by Gasteiger charge is -2.36. The molecule has 0 saturated carbocycles. The van der Waals surface area contributed by atoms with Crippen molar-refractivity contribution in [1.29, 1.82) is 0 Å². The number of morpholine rings is 1. The summed E-state index contributed by atoms with van der Waals surface area (Å²) in [5, 5.41) is 4.47. The van der Waals surface area contributed by atoms with E-state index in [-0.39, 0.29) is 22.8 Å². The third-order valence-electron chi connectivity index (χ3n) is 3.66. The van der Waals surface area contributed by atoms with E-state index in [1.807, 2.05) is 44.2 Å². The summed E-state index contributed by atoms with van der Waals surface area (Å²) in [5.74, 6) is 0. The monoisotopic (exact) mass is 319 g/mol. The lowest BCUT2D eigenvalue weighted by molar-refractivity contribution is -0.00524. The summed E-state index contributed by atoms with van der Waals surface area (Å²) in [5.41, 5.74) is 1.06. The van der Waals surface area contributed by atoms with Crippen molar-refractivity contribution in [3.63, 3.8) is 0 Å². The highest BCUT2D eigenvalue weighted by atomic mass is 35.5. The Bertz CT molecular complexity index is 707. The van der Waals surface area contributed by atoms with Crippen molar-refractivity contribution in [3.05, 3.63) is 51.9 Å². The van der Waals surface area contributed by atoms with Crippen LogP contribution in [0.2, 0.25) is 5.02 Å². The number of ether oxygens (including phenoxy) is 1. The van der Waals surface area contributed by atoms with Crippen molar-refractivity contribution in [2.45, 2.75) is 26.1 Å². The van der Waals surface area contributed by atoms with Gasteiger partial charge in [-0.3, -0.25) is 4.79 Å². The van der Waals surface area contributed by atoms with Crippen LogP contribution in [0.5, 0.6) is 0 Å². The van der Waals surface area contributed by atoms with Gasteiger partial charge in [-0.05, 0) is 26.0 Å². The lowest BCUT2D eigenvalue weighted by atomic mass is 10.2. The van der Waals surface area contributed by atoms with E-state index in [0.717, 1.165) is 0 Å². The standard InChI is InChI=1S/C16H18ClN3O2/c1-11-9-19(10-12(2)22-11)14-8-18-20(16(21)15(14)17)13-6-4-3-5-7-13/h3-8,11-12H,9-10H2,1-2H3/t11-,12-/m1/s1. The summed E-state index contributed by atoms with van der Waals surface area (Å²) in [4.78, 5) is 14.6. The maximum Gasteiger partial charge on any atom is 0.292 e. The minimum absolute atomic E-state index is 0.0939. The Morgan fingerprint density at radius 3 is 2.45 bits per heavy atom. The van der Waals surface area contributed by atoms with Crippen molar-refractivity contribution >= 4 is 17.3 Å². The van der Waals surface area contributed by atoms with Gasteiger partial charge in [0, 0.05) is 13.1 Å². The maximum absolute atomic E-state index is 12.5. The Morgan fingerprint density at radius 2 is 1.82 bits per heavy atom. The molecule has 1 aliphatic heterocycles. The molecule has 1 saturated heterocycles. The van der Waals surface area contributed by atoms with Crippen LogP contribution in [0.1, 0.15) is 13.8 Å². The van der Waals surface area contributed by atoms with Crippen LogP contribution in [0.3, 0.4) is 0 Å². The summed E-state index contributed by atoms with van der Waals surface area (Å²) in [6.07, 6.45) is 1.84. The number of para-hydroxylation sites is 1. The Balaban J connectivity index is 1.98. The SMILES string of the molecule is C[C@@H]1CN(c2cnn(-c3ccccc3)c(=O)c2Cl)C[C@@H](C)O1. The fraction of sp³-hybridized carbons (Fsp3) is 0.375. The summed E-state index contributed by atoms with van der Waals surface area (Å²) < 4.78 is 7.03. The third kappa shape index (κ3) is 2.87. The molecule has 0 unspecified atom stereocenters. The van der Waals surface area contributed by atoms with Gasteiger partial charge in [0.25, 0.3) is 5.56 Å². The molecule has 116 valence electrons. The molecule has 3 rings (SSSR count). The number of aromatic nitrogens is 2. The first-order valence-electron chi connectivity index (χ1n) is 7.30. The van der Waals surface area contributed by atoms with Crippen molar-refractivity contribution in [2.75, 3.05) is 18.0 Å². The van der Waals surface area contributed by atoms with Crippen molar-refractivity contribution in [1.82, 2.24) is 9.78 Å². The van der Waals surface area contributed by atoms with Crippen LogP contribution in [0.15, 0.2) is 41.3 Å². The van der Waals surface area contributed by atoms with E-state index in [9.17, 15) is 4.79 Å². The zero-order valence-electron chi connectivity index (χ0n) is 12.6. The third-order valence-corrected chi connectivity index (χ3v) is 4.02. The lowest BCUT2D eigenvalue weighted by Crippen LogP contribution is -2.46.